The third kappa shape index (κ3) is 9.76. The number of hydrogen-bond donors (Lipinski definition) is 3. The lowest BCUT2D eigenvalue weighted by molar-refractivity contribution is -0.573. The zero-order chi connectivity index (χ0) is 36.8. The normalized spacial score (nSPS) is 32.0. The minimum atomic E-state index is -1.27. The number of alkyl halides is 2. The zero-order valence-corrected chi connectivity index (χ0v) is 32.3. The van der Waals surface area contributed by atoms with Crippen LogP contribution in [0.1, 0.15) is 91.4 Å². The standard InChI is InChI=1S/C39H67F2N8O2/c1-7-12-26(2)33-16-15-29(40)21-46(6)27(3)35(37(42)43-33)38(50)44-34-25-48(30-13-10-8-9-11-14-30)24-32(41)36(34)47-19-17-28(18-20-47)39(51)49-22-31(23-49)45(4)5/h16,24,26,28-32,34-37,43H,7-15,17-23,25,42H2,1-6H3/q+1/p+1. The summed E-state index contributed by atoms with van der Waals surface area (Å²) in [5, 5.41) is 6.77. The average Bonchev–Trinajstić information content (AvgIpc) is 3.35. The molecule has 5 aliphatic rings. The van der Waals surface area contributed by atoms with Gasteiger partial charge in [0.1, 0.15) is 13.1 Å². The number of allylic oxidation sites excluding steroid dienone is 2. The van der Waals surface area contributed by atoms with Crippen LogP contribution in [0.15, 0.2) is 11.8 Å². The van der Waals surface area contributed by atoms with Gasteiger partial charge >= 0.3 is 0 Å². The third-order valence-corrected chi connectivity index (χ3v) is 12.7. The maximum absolute atomic E-state index is 16.7. The summed E-state index contributed by atoms with van der Waals surface area (Å²) < 4.78 is 35.8. The molecule has 10 nitrogen and oxygen atoms in total. The number of halogens is 2. The topological polar surface area (TPSA) is 100.0 Å². The Balaban J connectivity index is 1.36. The van der Waals surface area contributed by atoms with Gasteiger partial charge in [-0.25, -0.2) is 17.9 Å². The number of nitrogens with zero attached hydrogens (tertiary/aromatic N) is 5. The molecule has 1 aliphatic carbocycles. The maximum Gasteiger partial charge on any atom is 0.237 e. The number of amides is 2. The van der Waals surface area contributed by atoms with Crippen molar-refractivity contribution in [1.29, 1.82) is 0 Å². The maximum atomic E-state index is 16.7. The Labute approximate surface area is 305 Å². The number of hydrogen-bond acceptors (Lipinski definition) is 6. The van der Waals surface area contributed by atoms with Crippen LogP contribution in [0.4, 0.5) is 8.78 Å². The van der Waals surface area contributed by atoms with E-state index in [1.165, 1.54) is 12.8 Å². The van der Waals surface area contributed by atoms with E-state index in [0.29, 0.717) is 44.2 Å². The number of carbonyl (C=O) groups excluding carboxylic acids is 2. The fraction of sp³-hybridized carbons (Fsp3) is 0.846. The van der Waals surface area contributed by atoms with Gasteiger partial charge in [-0.2, -0.15) is 0 Å². The quantitative estimate of drug-likeness (QED) is 0.251. The Hall–Kier alpha value is -2.44. The van der Waals surface area contributed by atoms with E-state index >= 15 is 8.78 Å². The smallest absolute Gasteiger partial charge is 0.237 e. The molecule has 4 aliphatic heterocycles. The summed E-state index contributed by atoms with van der Waals surface area (Å²) in [4.78, 5) is 34.2. The van der Waals surface area contributed by atoms with Crippen molar-refractivity contribution in [2.45, 2.75) is 134 Å². The fourth-order valence-corrected chi connectivity index (χ4v) is 9.16. The Morgan fingerprint density at radius 3 is 2.37 bits per heavy atom. The van der Waals surface area contributed by atoms with Crippen LogP contribution >= 0.6 is 0 Å². The zero-order valence-electron chi connectivity index (χ0n) is 32.3. The van der Waals surface area contributed by atoms with Gasteiger partial charge in [-0.15, -0.1) is 0 Å². The van der Waals surface area contributed by atoms with Crippen LogP contribution in [0.2, 0.25) is 0 Å². The highest BCUT2D eigenvalue weighted by Crippen LogP contribution is 2.29. The van der Waals surface area contributed by atoms with Crippen molar-refractivity contribution in [3.05, 3.63) is 11.8 Å². The monoisotopic (exact) mass is 719 g/mol. The summed E-state index contributed by atoms with van der Waals surface area (Å²) in [5.74, 6) is -0.727. The summed E-state index contributed by atoms with van der Waals surface area (Å²) in [6.07, 6.45) is 10.9. The lowest BCUT2D eigenvalue weighted by Gasteiger charge is -2.46. The Morgan fingerprint density at radius 2 is 1.75 bits per heavy atom. The van der Waals surface area contributed by atoms with Crippen LogP contribution in [-0.4, -0.2) is 151 Å². The third-order valence-electron chi connectivity index (χ3n) is 12.7. The lowest BCUT2D eigenvalue weighted by Crippen LogP contribution is -2.66. The Bertz CT molecular complexity index is 1280. The van der Waals surface area contributed by atoms with Crippen molar-refractivity contribution in [3.8, 4) is 0 Å². The highest BCUT2D eigenvalue weighted by molar-refractivity contribution is 6.01. The molecule has 4 heterocycles. The number of likely N-dealkylation sites (tertiary alicyclic amines) is 2. The van der Waals surface area contributed by atoms with Crippen LogP contribution in [0, 0.1) is 17.8 Å². The van der Waals surface area contributed by atoms with Crippen LogP contribution in [0.3, 0.4) is 0 Å². The predicted molar refractivity (Wildman–Crippen MR) is 200 cm³/mol. The van der Waals surface area contributed by atoms with E-state index in [4.69, 9.17) is 5.73 Å². The first-order valence-electron chi connectivity index (χ1n) is 20.0. The summed E-state index contributed by atoms with van der Waals surface area (Å²) in [5.41, 5.74) is 8.44. The molecule has 0 aromatic carbocycles. The number of nitrogens with two attached hydrogens (primary N) is 1. The molecule has 2 amide bonds. The van der Waals surface area contributed by atoms with E-state index in [0.717, 1.165) is 57.3 Å². The molecule has 0 aromatic heterocycles. The van der Waals surface area contributed by atoms with Crippen LogP contribution < -0.4 is 16.4 Å². The molecular weight excluding hydrogens is 650 g/mol. The number of likely N-dealkylation sites (N-methyl/N-ethyl adjacent to an activating group) is 1. The van der Waals surface area contributed by atoms with E-state index in [1.54, 1.807) is 6.21 Å². The Kier molecular flexibility index (Phi) is 14.1. The van der Waals surface area contributed by atoms with Gasteiger partial charge in [0.2, 0.25) is 11.8 Å². The van der Waals surface area contributed by atoms with Gasteiger partial charge in [0, 0.05) is 56.9 Å². The van der Waals surface area contributed by atoms with Crippen molar-refractivity contribution in [2.24, 2.45) is 23.5 Å². The van der Waals surface area contributed by atoms with Crippen LogP contribution in [-0.2, 0) is 9.59 Å². The highest BCUT2D eigenvalue weighted by atomic mass is 19.1. The molecule has 0 bridgehead atoms. The van der Waals surface area contributed by atoms with Gasteiger partial charge in [-0.1, -0.05) is 39.2 Å². The first kappa shape index (κ1) is 39.8. The minimum Gasteiger partial charge on any atom is -0.372 e. The number of rotatable bonds is 9. The molecule has 0 spiro atoms. The second-order valence-electron chi connectivity index (χ2n) is 16.6. The van der Waals surface area contributed by atoms with E-state index in [1.807, 2.05) is 29.5 Å². The van der Waals surface area contributed by atoms with E-state index in [9.17, 15) is 9.59 Å². The van der Waals surface area contributed by atoms with E-state index in [-0.39, 0.29) is 42.7 Å². The molecule has 7 atom stereocenters. The number of piperidine rings is 1. The van der Waals surface area contributed by atoms with Crippen molar-refractivity contribution >= 4 is 23.7 Å². The predicted octanol–water partition coefficient (Wildman–Crippen LogP) is 3.14. The summed E-state index contributed by atoms with van der Waals surface area (Å²) in [7, 11) is 5.92. The number of carbonyl (C=O) groups is 2. The Morgan fingerprint density at radius 1 is 1.08 bits per heavy atom. The molecule has 0 aromatic rings. The van der Waals surface area contributed by atoms with Crippen molar-refractivity contribution in [1.82, 2.24) is 25.3 Å². The fourth-order valence-electron chi connectivity index (χ4n) is 9.16. The lowest BCUT2D eigenvalue weighted by atomic mass is 9.88. The van der Waals surface area contributed by atoms with E-state index < -0.39 is 36.5 Å². The molecular formula is C39H68F2N8O2+2. The van der Waals surface area contributed by atoms with Crippen LogP contribution in [0.25, 0.3) is 0 Å². The molecule has 1 saturated carbocycles. The molecule has 3 fully saturated rings. The number of nitrogens with one attached hydrogen (secondary N) is 2. The summed E-state index contributed by atoms with van der Waals surface area (Å²) in [6.45, 7) is 9.54. The molecule has 5 rings (SSSR count). The molecule has 7 unspecified atom stereocenters. The van der Waals surface area contributed by atoms with Crippen LogP contribution in [0.5, 0.6) is 0 Å². The van der Waals surface area contributed by atoms with Gasteiger partial charge in [-0.3, -0.25) is 14.5 Å². The van der Waals surface area contributed by atoms with Gasteiger partial charge in [0.25, 0.3) is 0 Å². The average molecular weight is 719 g/mol. The molecule has 0 radical (unpaired) electrons. The first-order chi connectivity index (χ1) is 24.4. The molecule has 288 valence electrons. The summed E-state index contributed by atoms with van der Waals surface area (Å²) in [6, 6.07) is -0.362. The van der Waals surface area contributed by atoms with Crippen molar-refractivity contribution in [2.75, 3.05) is 60.4 Å². The second kappa shape index (κ2) is 18.1. The van der Waals surface area contributed by atoms with Crippen molar-refractivity contribution < 1.29 is 27.5 Å². The first-order valence-corrected chi connectivity index (χ1v) is 20.0. The van der Waals surface area contributed by atoms with Gasteiger partial charge in [0.05, 0.1) is 12.2 Å². The van der Waals surface area contributed by atoms with Gasteiger partial charge in [0.15, 0.2) is 49.3 Å². The molecule has 2 saturated heterocycles. The van der Waals surface area contributed by atoms with Gasteiger partial charge in [-0.05, 0) is 65.2 Å². The minimum absolute atomic E-state index is 0.0537. The summed E-state index contributed by atoms with van der Waals surface area (Å²) >= 11 is 0. The van der Waals surface area contributed by atoms with Gasteiger partial charge < -0.3 is 26.2 Å². The molecule has 12 heteroatoms. The largest absolute Gasteiger partial charge is 0.372 e. The second-order valence-corrected chi connectivity index (χ2v) is 16.6. The van der Waals surface area contributed by atoms with Crippen molar-refractivity contribution in [3.63, 3.8) is 0 Å². The molecule has 4 N–H and O–H groups in total. The molecule has 51 heavy (non-hydrogen) atoms. The highest BCUT2D eigenvalue weighted by Gasteiger charge is 2.48. The van der Waals surface area contributed by atoms with E-state index in [2.05, 4.69) is 53.0 Å². The SMILES string of the molecule is CCCC(C)C1=CCC(F)C[N+](C)=C(C)C(C(=O)NC2C[N+](C3CCCCCC3)=CC(F)C2N2CCC(C(=O)N3CC(N(C)C)C3)CC2)C(N)N1.